The molecule has 2 aliphatic carbocycles. The number of ketones is 1. The molecule has 0 aromatic heterocycles. The molecule has 1 heterocycles. The summed E-state index contributed by atoms with van der Waals surface area (Å²) in [5.74, 6) is 0.824. The highest BCUT2D eigenvalue weighted by Crippen LogP contribution is 2.35. The van der Waals surface area contributed by atoms with Crippen LogP contribution in [0.3, 0.4) is 0 Å². The lowest BCUT2D eigenvalue weighted by Crippen LogP contribution is -2.30. The van der Waals surface area contributed by atoms with Crippen molar-refractivity contribution in [2.24, 2.45) is 5.92 Å². The fraction of sp³-hybridized carbons (Fsp3) is 0.333. The van der Waals surface area contributed by atoms with Crippen molar-refractivity contribution in [2.75, 3.05) is 0 Å². The second kappa shape index (κ2) is 3.07. The lowest BCUT2D eigenvalue weighted by molar-refractivity contribution is -0.111. The zero-order chi connectivity index (χ0) is 11.3. The second-order valence-corrected chi connectivity index (χ2v) is 4.29. The average Bonchev–Trinajstić information content (AvgIpc) is 2.61. The first kappa shape index (κ1) is 9.39. The Labute approximate surface area is 92.7 Å². The van der Waals surface area contributed by atoms with Gasteiger partial charge in [0.25, 0.3) is 0 Å². The molecule has 0 spiro atoms. The van der Waals surface area contributed by atoms with Crippen LogP contribution >= 0.6 is 0 Å². The minimum Gasteiger partial charge on any atom is -0.413 e. The van der Waals surface area contributed by atoms with Crippen molar-refractivity contribution in [3.63, 3.8) is 0 Å². The molecule has 2 atom stereocenters. The summed E-state index contributed by atoms with van der Waals surface area (Å²) in [6.07, 6.45) is 5.43. The Bertz CT molecular complexity index is 484. The van der Waals surface area contributed by atoms with Crippen LogP contribution in [-0.4, -0.2) is 17.9 Å². The van der Waals surface area contributed by atoms with Gasteiger partial charge in [-0.1, -0.05) is 13.0 Å². The van der Waals surface area contributed by atoms with Gasteiger partial charge in [-0.3, -0.25) is 4.79 Å². The maximum atomic E-state index is 11.7. The molecule has 0 aromatic rings. The van der Waals surface area contributed by atoms with Crippen LogP contribution in [0.2, 0.25) is 0 Å². The number of hydrogen-bond acceptors (Lipinski definition) is 3. The first-order chi connectivity index (χ1) is 7.65. The van der Waals surface area contributed by atoms with E-state index in [4.69, 9.17) is 4.74 Å². The van der Waals surface area contributed by atoms with Crippen LogP contribution in [0.1, 0.15) is 13.3 Å². The van der Waals surface area contributed by atoms with Crippen molar-refractivity contribution in [1.82, 2.24) is 5.32 Å². The van der Waals surface area contributed by atoms with E-state index in [9.17, 15) is 9.59 Å². The Morgan fingerprint density at radius 1 is 1.44 bits per heavy atom. The largest absolute Gasteiger partial charge is 0.413 e. The van der Waals surface area contributed by atoms with Gasteiger partial charge in [0.15, 0.2) is 5.78 Å². The summed E-state index contributed by atoms with van der Waals surface area (Å²) in [6.45, 7) is 2.05. The Morgan fingerprint density at radius 3 is 3.06 bits per heavy atom. The third-order valence-electron chi connectivity index (χ3n) is 3.25. The molecular formula is C12H11NO3. The van der Waals surface area contributed by atoms with Crippen LogP contribution in [0.15, 0.2) is 35.1 Å². The maximum Gasteiger partial charge on any atom is 0.412 e. The molecule has 3 rings (SSSR count). The molecular weight excluding hydrogens is 206 g/mol. The van der Waals surface area contributed by atoms with E-state index < -0.39 is 6.09 Å². The quantitative estimate of drug-likeness (QED) is 0.668. The van der Waals surface area contributed by atoms with Crippen molar-refractivity contribution < 1.29 is 14.3 Å². The number of fused-ring (bicyclic) bond motifs is 1. The Hall–Kier alpha value is -1.84. The van der Waals surface area contributed by atoms with E-state index in [0.717, 1.165) is 5.57 Å². The van der Waals surface area contributed by atoms with Crippen molar-refractivity contribution in [3.8, 4) is 0 Å². The van der Waals surface area contributed by atoms with Crippen LogP contribution in [0, 0.1) is 5.92 Å². The van der Waals surface area contributed by atoms with Crippen LogP contribution in [0.25, 0.3) is 0 Å². The normalized spacial score (nSPS) is 31.7. The molecule has 1 amide bonds. The van der Waals surface area contributed by atoms with Gasteiger partial charge in [-0.05, 0) is 30.1 Å². The number of nitrogens with one attached hydrogen (secondary N) is 1. The summed E-state index contributed by atoms with van der Waals surface area (Å²) >= 11 is 0. The Kier molecular flexibility index (Phi) is 1.80. The molecule has 82 valence electrons. The number of allylic oxidation sites excluding steroid dienone is 4. The number of carbonyl (C=O) groups excluding carboxylic acids is 2. The van der Waals surface area contributed by atoms with Crippen molar-refractivity contribution in [2.45, 2.75) is 19.4 Å². The number of amides is 1. The van der Waals surface area contributed by atoms with E-state index in [1.165, 1.54) is 0 Å². The lowest BCUT2D eigenvalue weighted by Gasteiger charge is -2.25. The van der Waals surface area contributed by atoms with Gasteiger partial charge in [-0.2, -0.15) is 0 Å². The third-order valence-corrected chi connectivity index (χ3v) is 3.25. The Morgan fingerprint density at radius 2 is 2.25 bits per heavy atom. The average molecular weight is 217 g/mol. The molecule has 4 nitrogen and oxygen atoms in total. The van der Waals surface area contributed by atoms with Gasteiger partial charge in [0, 0.05) is 5.57 Å². The van der Waals surface area contributed by atoms with Gasteiger partial charge in [0.1, 0.15) is 5.76 Å². The molecule has 1 aliphatic heterocycles. The summed E-state index contributed by atoms with van der Waals surface area (Å²) in [5, 5.41) is 2.73. The summed E-state index contributed by atoms with van der Waals surface area (Å²) < 4.78 is 5.00. The first-order valence-corrected chi connectivity index (χ1v) is 5.30. The molecule has 1 fully saturated rings. The van der Waals surface area contributed by atoms with E-state index in [0.29, 0.717) is 17.8 Å². The molecule has 3 aliphatic rings. The monoisotopic (exact) mass is 217 g/mol. The fourth-order valence-electron chi connectivity index (χ4n) is 2.37. The standard InChI is InChI=1S/C12H11NO3/c1-6-2-3-10(14)8-5-11-9(4-7(6)8)13-12(15)16-11/h2-3,5-6,9H,4H2,1H3,(H,13,15). The van der Waals surface area contributed by atoms with Gasteiger partial charge < -0.3 is 10.1 Å². The molecule has 1 N–H and O–H groups in total. The molecule has 2 unspecified atom stereocenters. The van der Waals surface area contributed by atoms with Gasteiger partial charge in [-0.15, -0.1) is 0 Å². The molecule has 0 radical (unpaired) electrons. The minimum absolute atomic E-state index is 0.00185. The highest BCUT2D eigenvalue weighted by Gasteiger charge is 2.36. The summed E-state index contributed by atoms with van der Waals surface area (Å²) in [6, 6.07) is -0.0898. The number of carbonyl (C=O) groups is 2. The zero-order valence-corrected chi connectivity index (χ0v) is 8.82. The Balaban J connectivity index is 2.03. The zero-order valence-electron chi connectivity index (χ0n) is 8.82. The number of hydrogen-bond donors (Lipinski definition) is 1. The maximum absolute atomic E-state index is 11.7. The van der Waals surface area contributed by atoms with E-state index in [1.807, 2.05) is 6.08 Å². The molecule has 0 aromatic carbocycles. The molecule has 16 heavy (non-hydrogen) atoms. The smallest absolute Gasteiger partial charge is 0.412 e. The fourth-order valence-corrected chi connectivity index (χ4v) is 2.37. The minimum atomic E-state index is -0.427. The van der Waals surface area contributed by atoms with Crippen molar-refractivity contribution >= 4 is 11.9 Å². The van der Waals surface area contributed by atoms with E-state index in [-0.39, 0.29) is 17.7 Å². The van der Waals surface area contributed by atoms with E-state index in [2.05, 4.69) is 12.2 Å². The van der Waals surface area contributed by atoms with Crippen LogP contribution in [-0.2, 0) is 9.53 Å². The predicted molar refractivity (Wildman–Crippen MR) is 56.4 cm³/mol. The van der Waals surface area contributed by atoms with Crippen LogP contribution in [0.5, 0.6) is 0 Å². The lowest BCUT2D eigenvalue weighted by atomic mass is 9.81. The van der Waals surface area contributed by atoms with Crippen molar-refractivity contribution in [1.29, 1.82) is 0 Å². The second-order valence-electron chi connectivity index (χ2n) is 4.29. The molecule has 0 saturated carbocycles. The van der Waals surface area contributed by atoms with Gasteiger partial charge in [-0.25, -0.2) is 4.79 Å². The van der Waals surface area contributed by atoms with E-state index in [1.54, 1.807) is 12.2 Å². The number of ether oxygens (including phenoxy) is 1. The van der Waals surface area contributed by atoms with Crippen LogP contribution in [0.4, 0.5) is 4.79 Å². The summed E-state index contributed by atoms with van der Waals surface area (Å²) in [5.41, 5.74) is 1.78. The number of rotatable bonds is 0. The molecule has 4 heteroatoms. The van der Waals surface area contributed by atoms with Gasteiger partial charge >= 0.3 is 6.09 Å². The SMILES string of the molecule is CC1C=CC(=O)C2=C1CC1NC(=O)OC1=C2. The van der Waals surface area contributed by atoms with E-state index >= 15 is 0 Å². The summed E-state index contributed by atoms with van der Waals surface area (Å²) in [4.78, 5) is 22.8. The molecule has 1 saturated heterocycles. The van der Waals surface area contributed by atoms with Gasteiger partial charge in [0.2, 0.25) is 0 Å². The number of alkyl carbamates (subject to hydrolysis) is 1. The third kappa shape index (κ3) is 1.23. The highest BCUT2D eigenvalue weighted by atomic mass is 16.6. The predicted octanol–water partition coefficient (Wildman–Crippen LogP) is 1.45. The topological polar surface area (TPSA) is 55.4 Å². The van der Waals surface area contributed by atoms with Gasteiger partial charge in [0.05, 0.1) is 6.04 Å². The summed E-state index contributed by atoms with van der Waals surface area (Å²) in [7, 11) is 0. The van der Waals surface area contributed by atoms with Crippen LogP contribution < -0.4 is 5.32 Å². The highest BCUT2D eigenvalue weighted by molar-refractivity contribution is 6.08. The first-order valence-electron chi connectivity index (χ1n) is 5.30. The molecule has 0 bridgehead atoms. The van der Waals surface area contributed by atoms with Crippen molar-refractivity contribution in [3.05, 3.63) is 35.1 Å².